The Bertz CT molecular complexity index is 716. The van der Waals surface area contributed by atoms with Crippen molar-refractivity contribution < 1.29 is 13.9 Å². The van der Waals surface area contributed by atoms with Gasteiger partial charge in [-0.3, -0.25) is 4.79 Å². The lowest BCUT2D eigenvalue weighted by atomic mass is 10.0. The van der Waals surface area contributed by atoms with Gasteiger partial charge in [-0.15, -0.1) is 0 Å². The zero-order chi connectivity index (χ0) is 16.3. The van der Waals surface area contributed by atoms with Gasteiger partial charge < -0.3 is 10.1 Å². The quantitative estimate of drug-likeness (QED) is 0.856. The van der Waals surface area contributed by atoms with Gasteiger partial charge in [0.1, 0.15) is 11.6 Å². The highest BCUT2D eigenvalue weighted by Gasteiger charge is 2.45. The normalized spacial score (nSPS) is 15.4. The lowest BCUT2D eigenvalue weighted by Gasteiger charge is -2.16. The van der Waals surface area contributed by atoms with Crippen molar-refractivity contribution in [3.8, 4) is 5.75 Å². The van der Waals surface area contributed by atoms with E-state index in [1.165, 1.54) is 18.2 Å². The number of methoxy groups -OCH3 is 1. The van der Waals surface area contributed by atoms with Crippen LogP contribution in [-0.2, 0) is 10.3 Å². The Kier molecular flexibility index (Phi) is 4.15. The van der Waals surface area contributed by atoms with Crippen LogP contribution in [0.1, 0.15) is 24.0 Å². The molecule has 0 bridgehead atoms. The number of carbonyl (C=O) groups is 1. The molecule has 3 rings (SSSR count). The molecule has 0 spiro atoms. The van der Waals surface area contributed by atoms with Crippen LogP contribution in [0.15, 0.2) is 54.6 Å². The smallest absolute Gasteiger partial charge is 0.244 e. The Balaban J connectivity index is 1.64. The molecule has 0 aromatic heterocycles. The zero-order valence-corrected chi connectivity index (χ0v) is 12.9. The molecule has 1 N–H and O–H groups in total. The molecular formula is C19H18FNO2. The zero-order valence-electron chi connectivity index (χ0n) is 12.9. The van der Waals surface area contributed by atoms with Crippen LogP contribution >= 0.6 is 0 Å². The summed E-state index contributed by atoms with van der Waals surface area (Å²) in [6.45, 7) is 0. The first-order valence-corrected chi connectivity index (χ1v) is 7.52. The van der Waals surface area contributed by atoms with E-state index in [9.17, 15) is 9.18 Å². The second-order valence-corrected chi connectivity index (χ2v) is 5.68. The van der Waals surface area contributed by atoms with E-state index in [4.69, 9.17) is 4.74 Å². The predicted molar refractivity (Wildman–Crippen MR) is 87.5 cm³/mol. The molecule has 1 saturated carbocycles. The van der Waals surface area contributed by atoms with Crippen molar-refractivity contribution in [2.75, 3.05) is 7.11 Å². The number of nitrogens with one attached hydrogen (secondary N) is 1. The fourth-order valence-corrected chi connectivity index (χ4v) is 2.54. The largest absolute Gasteiger partial charge is 0.497 e. The fraction of sp³-hybridized carbons (Fsp3) is 0.211. The maximum atomic E-state index is 13.0. The molecule has 23 heavy (non-hydrogen) atoms. The van der Waals surface area contributed by atoms with Crippen LogP contribution in [0.25, 0.3) is 6.08 Å². The Labute approximate surface area is 134 Å². The summed E-state index contributed by atoms with van der Waals surface area (Å²) in [4.78, 5) is 12.1. The van der Waals surface area contributed by atoms with Gasteiger partial charge in [-0.05, 0) is 54.3 Å². The van der Waals surface area contributed by atoms with E-state index in [0.29, 0.717) is 0 Å². The molecule has 3 nitrogen and oxygen atoms in total. The molecule has 1 fully saturated rings. The van der Waals surface area contributed by atoms with E-state index < -0.39 is 0 Å². The van der Waals surface area contributed by atoms with Crippen LogP contribution in [0.2, 0.25) is 0 Å². The summed E-state index contributed by atoms with van der Waals surface area (Å²) in [5.74, 6) is 0.359. The SMILES string of the molecule is COc1ccc(/C=C/C(=O)NC2(c3ccc(F)cc3)CC2)cc1. The van der Waals surface area contributed by atoms with Gasteiger partial charge in [-0.1, -0.05) is 24.3 Å². The summed E-state index contributed by atoms with van der Waals surface area (Å²) in [7, 11) is 1.61. The minimum Gasteiger partial charge on any atom is -0.497 e. The first-order chi connectivity index (χ1) is 11.1. The molecule has 1 amide bonds. The van der Waals surface area contributed by atoms with Crippen molar-refractivity contribution in [3.05, 3.63) is 71.6 Å². The standard InChI is InChI=1S/C19H18FNO2/c1-23-17-9-2-14(3-10-17)4-11-18(22)21-19(12-13-19)15-5-7-16(20)8-6-15/h2-11H,12-13H2,1H3,(H,21,22)/b11-4+. The van der Waals surface area contributed by atoms with Gasteiger partial charge in [0.05, 0.1) is 12.6 Å². The van der Waals surface area contributed by atoms with Crippen molar-refractivity contribution in [2.24, 2.45) is 0 Å². The van der Waals surface area contributed by atoms with Gasteiger partial charge in [0.15, 0.2) is 0 Å². The maximum Gasteiger partial charge on any atom is 0.244 e. The third-order valence-electron chi connectivity index (χ3n) is 4.05. The molecule has 2 aromatic carbocycles. The van der Waals surface area contributed by atoms with E-state index in [2.05, 4.69) is 5.32 Å². The van der Waals surface area contributed by atoms with Crippen LogP contribution in [0, 0.1) is 5.82 Å². The summed E-state index contributed by atoms with van der Waals surface area (Å²) < 4.78 is 18.1. The number of hydrogen-bond acceptors (Lipinski definition) is 2. The van der Waals surface area contributed by atoms with Crippen molar-refractivity contribution >= 4 is 12.0 Å². The van der Waals surface area contributed by atoms with E-state index in [1.54, 1.807) is 25.3 Å². The molecule has 1 aliphatic carbocycles. The molecule has 0 atom stereocenters. The molecule has 1 aliphatic rings. The summed E-state index contributed by atoms with van der Waals surface area (Å²) >= 11 is 0. The average molecular weight is 311 g/mol. The van der Waals surface area contributed by atoms with Crippen LogP contribution in [0.5, 0.6) is 5.75 Å². The topological polar surface area (TPSA) is 38.3 Å². The van der Waals surface area contributed by atoms with Crippen molar-refractivity contribution in [1.82, 2.24) is 5.32 Å². The van der Waals surface area contributed by atoms with E-state index >= 15 is 0 Å². The Hall–Kier alpha value is -2.62. The highest BCUT2D eigenvalue weighted by Crippen LogP contribution is 2.45. The first-order valence-electron chi connectivity index (χ1n) is 7.52. The van der Waals surface area contributed by atoms with Gasteiger partial charge in [0.25, 0.3) is 0 Å². The van der Waals surface area contributed by atoms with E-state index in [1.807, 2.05) is 24.3 Å². The molecule has 0 radical (unpaired) electrons. The molecule has 4 heteroatoms. The minimum atomic E-state index is -0.338. The summed E-state index contributed by atoms with van der Waals surface area (Å²) in [5.41, 5.74) is 1.53. The molecule has 118 valence electrons. The monoisotopic (exact) mass is 311 g/mol. The van der Waals surface area contributed by atoms with Crippen LogP contribution in [0.4, 0.5) is 4.39 Å². The average Bonchev–Trinajstić information content (AvgIpc) is 3.34. The number of amides is 1. The number of benzene rings is 2. The molecule has 2 aromatic rings. The highest BCUT2D eigenvalue weighted by atomic mass is 19.1. The minimum absolute atomic E-state index is 0.150. The molecule has 0 aliphatic heterocycles. The number of ether oxygens (including phenoxy) is 1. The van der Waals surface area contributed by atoms with Gasteiger partial charge in [0.2, 0.25) is 5.91 Å². The second-order valence-electron chi connectivity index (χ2n) is 5.68. The maximum absolute atomic E-state index is 13.0. The molecular weight excluding hydrogens is 293 g/mol. The Morgan fingerprint density at radius 1 is 1.13 bits per heavy atom. The van der Waals surface area contributed by atoms with Gasteiger partial charge >= 0.3 is 0 Å². The summed E-state index contributed by atoms with van der Waals surface area (Å²) in [6.07, 6.45) is 5.03. The highest BCUT2D eigenvalue weighted by molar-refractivity contribution is 5.92. The van der Waals surface area contributed by atoms with E-state index in [-0.39, 0.29) is 17.3 Å². The predicted octanol–water partition coefficient (Wildman–Crippen LogP) is 3.65. The van der Waals surface area contributed by atoms with Crippen LogP contribution in [0.3, 0.4) is 0 Å². The van der Waals surface area contributed by atoms with Crippen LogP contribution < -0.4 is 10.1 Å². The number of rotatable bonds is 5. The van der Waals surface area contributed by atoms with Crippen molar-refractivity contribution in [1.29, 1.82) is 0 Å². The number of halogens is 1. The Morgan fingerprint density at radius 2 is 1.78 bits per heavy atom. The molecule has 0 saturated heterocycles. The number of carbonyl (C=O) groups excluding carboxylic acids is 1. The lowest BCUT2D eigenvalue weighted by molar-refractivity contribution is -0.117. The summed E-state index contributed by atoms with van der Waals surface area (Å²) in [5, 5.41) is 3.02. The molecule has 0 unspecified atom stereocenters. The fourth-order valence-electron chi connectivity index (χ4n) is 2.54. The van der Waals surface area contributed by atoms with Gasteiger partial charge in [-0.2, -0.15) is 0 Å². The molecule has 0 heterocycles. The van der Waals surface area contributed by atoms with Crippen molar-refractivity contribution in [3.63, 3.8) is 0 Å². The summed E-state index contributed by atoms with van der Waals surface area (Å²) in [6, 6.07) is 13.8. The lowest BCUT2D eigenvalue weighted by Crippen LogP contribution is -2.33. The van der Waals surface area contributed by atoms with Crippen LogP contribution in [-0.4, -0.2) is 13.0 Å². The Morgan fingerprint density at radius 3 is 2.35 bits per heavy atom. The third-order valence-corrected chi connectivity index (χ3v) is 4.05. The first kappa shape index (κ1) is 15.3. The second kappa shape index (κ2) is 6.24. The van der Waals surface area contributed by atoms with Crippen molar-refractivity contribution in [2.45, 2.75) is 18.4 Å². The van der Waals surface area contributed by atoms with Gasteiger partial charge in [0, 0.05) is 6.08 Å². The van der Waals surface area contributed by atoms with E-state index in [0.717, 1.165) is 29.7 Å². The third kappa shape index (κ3) is 3.59. The number of hydrogen-bond donors (Lipinski definition) is 1. The van der Waals surface area contributed by atoms with Gasteiger partial charge in [-0.25, -0.2) is 4.39 Å².